The van der Waals surface area contributed by atoms with Crippen molar-refractivity contribution in [2.24, 2.45) is 0 Å². The predicted molar refractivity (Wildman–Crippen MR) is 301 cm³/mol. The van der Waals surface area contributed by atoms with E-state index in [2.05, 4.69) is 43.5 Å². The minimum atomic E-state index is -0.661. The van der Waals surface area contributed by atoms with Crippen LogP contribution in [0.25, 0.3) is 0 Å². The first-order valence-electron chi connectivity index (χ1n) is 31.1. The number of aliphatic hydroxyl groups excluding tert-OH is 2. The van der Waals surface area contributed by atoms with Gasteiger partial charge in [-0.3, -0.25) is 9.59 Å². The highest BCUT2D eigenvalue weighted by atomic mass is 16.5. The van der Waals surface area contributed by atoms with Crippen molar-refractivity contribution in [3.8, 4) is 0 Å². The zero-order valence-corrected chi connectivity index (χ0v) is 46.6. The van der Waals surface area contributed by atoms with E-state index in [1.165, 1.54) is 257 Å². The molecule has 0 spiro atoms. The number of hydrogen-bond acceptors (Lipinski definition) is 5. The Labute approximate surface area is 431 Å². The molecule has 0 fully saturated rings. The predicted octanol–water partition coefficient (Wildman–Crippen LogP) is 19.4. The molecule has 0 bridgehead atoms. The molecule has 69 heavy (non-hydrogen) atoms. The monoisotopic (exact) mass is 972 g/mol. The molecule has 0 aliphatic rings. The summed E-state index contributed by atoms with van der Waals surface area (Å²) < 4.78 is 5.49. The van der Waals surface area contributed by atoms with E-state index in [9.17, 15) is 19.8 Å². The second-order valence-electron chi connectivity index (χ2n) is 21.4. The highest BCUT2D eigenvalue weighted by Crippen LogP contribution is 2.18. The third kappa shape index (κ3) is 55.5. The first-order chi connectivity index (χ1) is 34.0. The fraction of sp³-hybridized carbons (Fsp3) is 0.905. The minimum Gasteiger partial charge on any atom is -0.466 e. The number of rotatable bonds is 58. The minimum absolute atomic E-state index is 0.00835. The fourth-order valence-electron chi connectivity index (χ4n) is 9.73. The van der Waals surface area contributed by atoms with Crippen molar-refractivity contribution < 1.29 is 24.5 Å². The Kier molecular flexibility index (Phi) is 57.5. The maximum absolute atomic E-state index is 12.4. The van der Waals surface area contributed by atoms with Gasteiger partial charge in [0.05, 0.1) is 25.4 Å². The average molecular weight is 973 g/mol. The van der Waals surface area contributed by atoms with Gasteiger partial charge in [-0.05, 0) is 57.8 Å². The molecule has 408 valence electrons. The molecule has 6 nitrogen and oxygen atoms in total. The Hall–Kier alpha value is -1.66. The van der Waals surface area contributed by atoms with Gasteiger partial charge < -0.3 is 20.3 Å². The largest absolute Gasteiger partial charge is 0.466 e. The molecule has 0 saturated heterocycles. The number of esters is 1. The molecule has 0 aromatic rings. The molecule has 2 unspecified atom stereocenters. The maximum Gasteiger partial charge on any atom is 0.305 e. The summed E-state index contributed by atoms with van der Waals surface area (Å²) >= 11 is 0. The molecule has 0 heterocycles. The van der Waals surface area contributed by atoms with Crippen LogP contribution < -0.4 is 5.32 Å². The van der Waals surface area contributed by atoms with E-state index in [0.717, 1.165) is 51.4 Å². The van der Waals surface area contributed by atoms with Gasteiger partial charge >= 0.3 is 5.97 Å². The lowest BCUT2D eigenvalue weighted by atomic mass is 10.0. The summed E-state index contributed by atoms with van der Waals surface area (Å²) in [4.78, 5) is 24.5. The molecule has 1 amide bonds. The van der Waals surface area contributed by atoms with E-state index < -0.39 is 12.1 Å². The van der Waals surface area contributed by atoms with Crippen LogP contribution in [-0.4, -0.2) is 47.4 Å². The number of allylic oxidation sites excluding steroid dienone is 4. The Morgan fingerprint density at radius 2 is 0.725 bits per heavy atom. The molecule has 3 N–H and O–H groups in total. The maximum atomic E-state index is 12.4. The highest BCUT2D eigenvalue weighted by molar-refractivity contribution is 5.76. The molecule has 0 aromatic carbocycles. The number of amides is 1. The number of carbonyl (C=O) groups is 2. The lowest BCUT2D eigenvalue weighted by molar-refractivity contribution is -0.143. The van der Waals surface area contributed by atoms with Gasteiger partial charge in [-0.25, -0.2) is 0 Å². The summed E-state index contributed by atoms with van der Waals surface area (Å²) in [6.07, 6.45) is 72.0. The molecule has 2 atom stereocenters. The molecule has 0 radical (unpaired) electrons. The summed E-state index contributed by atoms with van der Waals surface area (Å²) in [5.74, 6) is -0.0261. The van der Waals surface area contributed by atoms with Crippen LogP contribution in [0.5, 0.6) is 0 Å². The van der Waals surface area contributed by atoms with E-state index in [1.807, 2.05) is 0 Å². The van der Waals surface area contributed by atoms with Gasteiger partial charge in [0.25, 0.3) is 0 Å². The number of unbranched alkanes of at least 4 members (excludes halogenated alkanes) is 43. The summed E-state index contributed by atoms with van der Waals surface area (Å²) in [6.45, 7) is 4.94. The lowest BCUT2D eigenvalue weighted by Gasteiger charge is -2.22. The van der Waals surface area contributed by atoms with Gasteiger partial charge in [-0.15, -0.1) is 0 Å². The molecular weight excluding hydrogens is 851 g/mol. The number of ether oxygens (including phenoxy) is 1. The average Bonchev–Trinajstić information content (AvgIpc) is 3.35. The van der Waals surface area contributed by atoms with Gasteiger partial charge in [-0.1, -0.05) is 295 Å². The van der Waals surface area contributed by atoms with Crippen LogP contribution in [0.15, 0.2) is 24.3 Å². The third-order valence-electron chi connectivity index (χ3n) is 14.5. The Morgan fingerprint density at radius 1 is 0.406 bits per heavy atom. The third-order valence-corrected chi connectivity index (χ3v) is 14.5. The second-order valence-corrected chi connectivity index (χ2v) is 21.4. The highest BCUT2D eigenvalue weighted by Gasteiger charge is 2.20. The van der Waals surface area contributed by atoms with E-state index in [0.29, 0.717) is 25.9 Å². The summed E-state index contributed by atoms with van der Waals surface area (Å²) in [6, 6.07) is -0.538. The van der Waals surface area contributed by atoms with Gasteiger partial charge in [0, 0.05) is 12.8 Å². The Morgan fingerprint density at radius 3 is 1.12 bits per heavy atom. The van der Waals surface area contributed by atoms with Crippen molar-refractivity contribution in [1.82, 2.24) is 5.32 Å². The zero-order valence-electron chi connectivity index (χ0n) is 46.6. The standard InChI is InChI=1S/C63H121NO5/c1-3-5-7-9-11-13-15-16-17-18-28-31-34-37-41-45-49-53-57-63(68)69-58-54-50-46-42-38-35-32-29-26-24-22-20-19-21-23-25-27-30-33-36-40-44-48-52-56-62(67)64-60(59-65)61(66)55-51-47-43-39-14-12-10-8-6-4-2/h13,15,17-18,60-61,65-66H,3-12,14,16,19-59H2,1-2H3,(H,64,67)/b15-13-,18-17-. The van der Waals surface area contributed by atoms with E-state index >= 15 is 0 Å². The van der Waals surface area contributed by atoms with Crippen LogP contribution in [0.3, 0.4) is 0 Å². The van der Waals surface area contributed by atoms with E-state index in [1.54, 1.807) is 0 Å². The number of carbonyl (C=O) groups excluding carboxylic acids is 2. The first-order valence-corrected chi connectivity index (χ1v) is 31.1. The van der Waals surface area contributed by atoms with Gasteiger partial charge in [-0.2, -0.15) is 0 Å². The molecule has 0 aliphatic carbocycles. The topological polar surface area (TPSA) is 95.9 Å². The molecular formula is C63H121NO5. The Balaban J connectivity index is 3.33. The summed E-state index contributed by atoms with van der Waals surface area (Å²) in [5, 5.41) is 23.2. The summed E-state index contributed by atoms with van der Waals surface area (Å²) in [5.41, 5.74) is 0. The molecule has 0 saturated carbocycles. The normalized spacial score (nSPS) is 12.7. The SMILES string of the molecule is CCCCCC/C=C\C/C=C\CCCCCCCCCC(=O)OCCCCCCCCCCCCCCCCCCCCCCCCCCC(=O)NC(CO)C(O)CCCCCCCCCCCC. The van der Waals surface area contributed by atoms with Gasteiger partial charge in [0.1, 0.15) is 0 Å². The zero-order chi connectivity index (χ0) is 50.0. The second kappa shape index (κ2) is 58.9. The van der Waals surface area contributed by atoms with E-state index in [4.69, 9.17) is 4.74 Å². The molecule has 0 aromatic heterocycles. The summed E-state index contributed by atoms with van der Waals surface area (Å²) in [7, 11) is 0. The number of nitrogens with one attached hydrogen (secondary N) is 1. The smallest absolute Gasteiger partial charge is 0.305 e. The molecule has 0 rings (SSSR count). The van der Waals surface area contributed by atoms with Crippen molar-refractivity contribution >= 4 is 11.9 Å². The van der Waals surface area contributed by atoms with E-state index in [-0.39, 0.29) is 18.5 Å². The van der Waals surface area contributed by atoms with Crippen LogP contribution >= 0.6 is 0 Å². The lowest BCUT2D eigenvalue weighted by Crippen LogP contribution is -2.45. The number of hydrogen-bond donors (Lipinski definition) is 3. The van der Waals surface area contributed by atoms with Crippen molar-refractivity contribution in [1.29, 1.82) is 0 Å². The quantitative estimate of drug-likeness (QED) is 0.0321. The van der Waals surface area contributed by atoms with Crippen molar-refractivity contribution in [3.63, 3.8) is 0 Å². The van der Waals surface area contributed by atoms with Gasteiger partial charge in [0.15, 0.2) is 0 Å². The van der Waals surface area contributed by atoms with Crippen molar-refractivity contribution in [2.75, 3.05) is 13.2 Å². The van der Waals surface area contributed by atoms with Crippen molar-refractivity contribution in [3.05, 3.63) is 24.3 Å². The first kappa shape index (κ1) is 67.3. The molecule has 0 aliphatic heterocycles. The Bertz CT molecular complexity index is 1080. The van der Waals surface area contributed by atoms with Gasteiger partial charge in [0.2, 0.25) is 5.91 Å². The fourth-order valence-corrected chi connectivity index (χ4v) is 9.73. The van der Waals surface area contributed by atoms with Crippen LogP contribution in [0.2, 0.25) is 0 Å². The van der Waals surface area contributed by atoms with Crippen LogP contribution in [0.4, 0.5) is 0 Å². The van der Waals surface area contributed by atoms with Crippen LogP contribution in [0, 0.1) is 0 Å². The van der Waals surface area contributed by atoms with Crippen LogP contribution in [-0.2, 0) is 14.3 Å². The molecule has 6 heteroatoms. The number of aliphatic hydroxyl groups is 2. The van der Waals surface area contributed by atoms with Crippen molar-refractivity contribution in [2.45, 2.75) is 353 Å². The van der Waals surface area contributed by atoms with Crippen LogP contribution in [0.1, 0.15) is 341 Å².